The van der Waals surface area contributed by atoms with Crippen molar-refractivity contribution < 1.29 is 33.0 Å². The summed E-state index contributed by atoms with van der Waals surface area (Å²) in [5.74, 6) is -2.07. The number of aliphatic hydroxyl groups excluding tert-OH is 1. The molecule has 0 aliphatic carbocycles. The zero-order chi connectivity index (χ0) is 28.7. The molecule has 3 unspecified atom stereocenters. The van der Waals surface area contributed by atoms with Crippen LogP contribution in [0.25, 0.3) is 0 Å². The summed E-state index contributed by atoms with van der Waals surface area (Å²) in [7, 11) is -2.48. The number of carbonyl (C=O) groups is 2. The van der Waals surface area contributed by atoms with Crippen molar-refractivity contribution in [3.05, 3.63) is 60.2 Å². The van der Waals surface area contributed by atoms with E-state index in [1.807, 2.05) is 44.2 Å². The Morgan fingerprint density at radius 2 is 1.58 bits per heavy atom. The van der Waals surface area contributed by atoms with Crippen LogP contribution in [0.4, 0.5) is 0 Å². The number of aliphatic hydroxyl groups is 1. The fraction of sp³-hybridized carbons (Fsp3) is 0.500. The van der Waals surface area contributed by atoms with Gasteiger partial charge < -0.3 is 20.3 Å². The molecule has 3 N–H and O–H groups in total. The zero-order valence-corrected chi connectivity index (χ0v) is 23.7. The molecule has 10 heteroatoms. The number of carbonyl (C=O) groups excluding carboxylic acids is 1. The Balaban J connectivity index is 2.37. The molecule has 0 radical (unpaired) electrons. The number of carboxylic acids is 1. The topological polar surface area (TPSA) is 133 Å². The first-order valence-electron chi connectivity index (χ1n) is 12.6. The van der Waals surface area contributed by atoms with Gasteiger partial charge in [0.2, 0.25) is 15.9 Å². The van der Waals surface area contributed by atoms with Crippen LogP contribution in [0.5, 0.6) is 5.75 Å². The number of aliphatic carboxylic acids is 1. The van der Waals surface area contributed by atoms with Crippen molar-refractivity contribution in [2.75, 3.05) is 20.2 Å². The Hall–Kier alpha value is -2.95. The number of methoxy groups -OCH3 is 1. The second-order valence-corrected chi connectivity index (χ2v) is 12.5. The zero-order valence-electron chi connectivity index (χ0n) is 22.9. The Morgan fingerprint density at radius 3 is 2.08 bits per heavy atom. The lowest BCUT2D eigenvalue weighted by Gasteiger charge is -2.33. The first-order valence-corrected chi connectivity index (χ1v) is 14.0. The number of benzene rings is 2. The van der Waals surface area contributed by atoms with Crippen molar-refractivity contribution in [1.82, 2.24) is 9.62 Å². The lowest BCUT2D eigenvalue weighted by molar-refractivity contribution is -0.153. The Morgan fingerprint density at radius 1 is 1.00 bits per heavy atom. The van der Waals surface area contributed by atoms with Crippen molar-refractivity contribution >= 4 is 21.9 Å². The highest BCUT2D eigenvalue weighted by Crippen LogP contribution is 2.27. The lowest BCUT2D eigenvalue weighted by Crippen LogP contribution is -2.53. The molecule has 2 aromatic rings. The van der Waals surface area contributed by atoms with Gasteiger partial charge in [0.25, 0.3) is 0 Å². The van der Waals surface area contributed by atoms with Crippen LogP contribution in [0, 0.1) is 17.3 Å². The van der Waals surface area contributed by atoms with Crippen LogP contribution in [-0.4, -0.2) is 67.2 Å². The van der Waals surface area contributed by atoms with E-state index in [2.05, 4.69) is 5.32 Å². The minimum absolute atomic E-state index is 0.0335. The van der Waals surface area contributed by atoms with Gasteiger partial charge in [-0.3, -0.25) is 9.59 Å². The van der Waals surface area contributed by atoms with E-state index < -0.39 is 45.4 Å². The van der Waals surface area contributed by atoms with Crippen LogP contribution >= 0.6 is 0 Å². The van der Waals surface area contributed by atoms with Gasteiger partial charge in [-0.1, -0.05) is 51.1 Å². The number of nitrogens with zero attached hydrogens (tertiary/aromatic N) is 1. The Labute approximate surface area is 225 Å². The minimum Gasteiger partial charge on any atom is -0.497 e. The van der Waals surface area contributed by atoms with Crippen LogP contribution in [0.15, 0.2) is 59.5 Å². The third-order valence-corrected chi connectivity index (χ3v) is 8.62. The first kappa shape index (κ1) is 31.3. The van der Waals surface area contributed by atoms with Gasteiger partial charge in [-0.05, 0) is 56.0 Å². The van der Waals surface area contributed by atoms with E-state index >= 15 is 0 Å². The molecule has 38 heavy (non-hydrogen) atoms. The summed E-state index contributed by atoms with van der Waals surface area (Å²) in [6.07, 6.45) is -1.04. The predicted molar refractivity (Wildman–Crippen MR) is 145 cm³/mol. The molecule has 210 valence electrons. The van der Waals surface area contributed by atoms with Crippen LogP contribution in [-0.2, 0) is 26.0 Å². The average Bonchev–Trinajstić information content (AvgIpc) is 2.87. The van der Waals surface area contributed by atoms with Crippen LogP contribution in [0.1, 0.15) is 40.2 Å². The van der Waals surface area contributed by atoms with Crippen molar-refractivity contribution in [2.24, 2.45) is 17.3 Å². The summed E-state index contributed by atoms with van der Waals surface area (Å²) in [6.45, 7) is 8.10. The lowest BCUT2D eigenvalue weighted by atomic mass is 9.79. The van der Waals surface area contributed by atoms with E-state index in [1.165, 1.54) is 44.3 Å². The standard InChI is InChI=1S/C28H40N2O7S/c1-19(2)17-30(38(35,36)23-14-12-22(37-6)13-15-23)18-25(31)24(16-21-10-8-7-9-11-21)29-26(32)20(3)28(4,5)27(33)34/h7-15,19-20,24-25,31H,16-18H2,1-6H3,(H,29,32)(H,33,34). The largest absolute Gasteiger partial charge is 0.497 e. The molecular formula is C28H40N2O7S. The molecule has 0 heterocycles. The molecule has 0 aliphatic heterocycles. The molecule has 9 nitrogen and oxygen atoms in total. The number of hydrogen-bond donors (Lipinski definition) is 3. The molecule has 2 aromatic carbocycles. The van der Waals surface area contributed by atoms with Crippen molar-refractivity contribution in [1.29, 1.82) is 0 Å². The summed E-state index contributed by atoms with van der Waals surface area (Å²) in [4.78, 5) is 24.9. The smallest absolute Gasteiger partial charge is 0.309 e. The predicted octanol–water partition coefficient (Wildman–Crippen LogP) is 3.18. The summed E-state index contributed by atoms with van der Waals surface area (Å²) in [5.41, 5.74) is -0.510. The fourth-order valence-corrected chi connectivity index (χ4v) is 5.50. The third kappa shape index (κ3) is 8.02. The SMILES string of the molecule is COc1ccc(S(=O)(=O)N(CC(C)C)CC(O)C(Cc2ccccc2)NC(=O)C(C)C(C)(C)C(=O)O)cc1. The Bertz CT molecular complexity index is 1170. The second kappa shape index (κ2) is 13.2. The van der Waals surface area contributed by atoms with Gasteiger partial charge in [0, 0.05) is 13.1 Å². The van der Waals surface area contributed by atoms with E-state index in [0.717, 1.165) is 5.56 Å². The quantitative estimate of drug-likeness (QED) is 0.330. The molecule has 2 rings (SSSR count). The van der Waals surface area contributed by atoms with Gasteiger partial charge in [0.05, 0.1) is 35.5 Å². The molecule has 3 atom stereocenters. The molecule has 0 aromatic heterocycles. The second-order valence-electron chi connectivity index (χ2n) is 10.5. The number of nitrogens with one attached hydrogen (secondary N) is 1. The molecule has 0 aliphatic rings. The average molecular weight is 549 g/mol. The number of carboxylic acid groups (broad SMARTS) is 1. The van der Waals surface area contributed by atoms with Gasteiger partial charge >= 0.3 is 5.97 Å². The van der Waals surface area contributed by atoms with Gasteiger partial charge in [0.15, 0.2) is 0 Å². The highest BCUT2D eigenvalue weighted by molar-refractivity contribution is 7.89. The molecule has 1 amide bonds. The highest BCUT2D eigenvalue weighted by atomic mass is 32.2. The summed E-state index contributed by atoms with van der Waals surface area (Å²) >= 11 is 0. The van der Waals surface area contributed by atoms with Crippen LogP contribution < -0.4 is 10.1 Å². The molecule has 0 saturated carbocycles. The summed E-state index contributed by atoms with van der Waals surface area (Å²) in [6, 6.07) is 14.3. The van der Waals surface area contributed by atoms with Gasteiger partial charge in [-0.15, -0.1) is 0 Å². The van der Waals surface area contributed by atoms with Gasteiger partial charge in [-0.2, -0.15) is 4.31 Å². The van der Waals surface area contributed by atoms with Crippen molar-refractivity contribution in [3.63, 3.8) is 0 Å². The maximum Gasteiger partial charge on any atom is 0.309 e. The first-order chi connectivity index (χ1) is 17.7. The number of hydrogen-bond acceptors (Lipinski definition) is 6. The normalized spacial score (nSPS) is 14.7. The number of sulfonamides is 1. The van der Waals surface area contributed by atoms with E-state index in [4.69, 9.17) is 4.74 Å². The van der Waals surface area contributed by atoms with E-state index in [0.29, 0.717) is 5.75 Å². The maximum absolute atomic E-state index is 13.5. The molecule has 0 fully saturated rings. The molecular weight excluding hydrogens is 508 g/mol. The number of ether oxygens (including phenoxy) is 1. The monoisotopic (exact) mass is 548 g/mol. The van der Waals surface area contributed by atoms with Crippen molar-refractivity contribution in [2.45, 2.75) is 58.1 Å². The van der Waals surface area contributed by atoms with Crippen LogP contribution in [0.2, 0.25) is 0 Å². The molecule has 0 bridgehead atoms. The van der Waals surface area contributed by atoms with E-state index in [9.17, 15) is 28.2 Å². The number of rotatable bonds is 14. The minimum atomic E-state index is -3.97. The van der Waals surface area contributed by atoms with Crippen LogP contribution in [0.3, 0.4) is 0 Å². The van der Waals surface area contributed by atoms with Gasteiger partial charge in [-0.25, -0.2) is 8.42 Å². The van der Waals surface area contributed by atoms with E-state index in [1.54, 1.807) is 12.1 Å². The number of amides is 1. The Kier molecular flexibility index (Phi) is 10.9. The molecule has 0 spiro atoms. The van der Waals surface area contributed by atoms with Crippen molar-refractivity contribution in [3.8, 4) is 5.75 Å². The van der Waals surface area contributed by atoms with Gasteiger partial charge in [0.1, 0.15) is 5.75 Å². The summed E-state index contributed by atoms with van der Waals surface area (Å²) < 4.78 is 33.4. The maximum atomic E-state index is 13.5. The summed E-state index contributed by atoms with van der Waals surface area (Å²) in [5, 5.41) is 23.7. The molecule has 0 saturated heterocycles. The van der Waals surface area contributed by atoms with E-state index in [-0.39, 0.29) is 30.3 Å². The fourth-order valence-electron chi connectivity index (χ4n) is 3.88. The highest BCUT2D eigenvalue weighted by Gasteiger charge is 2.40. The third-order valence-electron chi connectivity index (χ3n) is 6.77.